The van der Waals surface area contributed by atoms with Crippen LogP contribution in [0.2, 0.25) is 0 Å². The summed E-state index contributed by atoms with van der Waals surface area (Å²) in [6.45, 7) is 3.70. The van der Waals surface area contributed by atoms with Crippen molar-refractivity contribution in [1.82, 2.24) is 0 Å². The third kappa shape index (κ3) is 1.57. The summed E-state index contributed by atoms with van der Waals surface area (Å²) in [6, 6.07) is 1.89. The summed E-state index contributed by atoms with van der Waals surface area (Å²) in [4.78, 5) is 0. The van der Waals surface area contributed by atoms with E-state index in [1.54, 1.807) is 0 Å². The van der Waals surface area contributed by atoms with E-state index in [0.717, 1.165) is 17.1 Å². The van der Waals surface area contributed by atoms with Gasteiger partial charge in [0.05, 0.1) is 5.25 Å². The third-order valence-electron chi connectivity index (χ3n) is 2.63. The minimum absolute atomic E-state index is 0.0439. The molecule has 14 heavy (non-hydrogen) atoms. The van der Waals surface area contributed by atoms with Gasteiger partial charge in [-0.3, -0.25) is 0 Å². The average molecular weight is 215 g/mol. The van der Waals surface area contributed by atoms with Gasteiger partial charge in [0.1, 0.15) is 11.5 Å². The molecule has 0 radical (unpaired) electrons. The number of hydrogen-bond acceptors (Lipinski definition) is 3. The van der Waals surface area contributed by atoms with Crippen LogP contribution in [0.15, 0.2) is 10.5 Å². The number of nitrogens with two attached hydrogens (primary N) is 1. The Kier molecular flexibility index (Phi) is 1.97. The Morgan fingerprint density at radius 2 is 2.14 bits per heavy atom. The lowest BCUT2D eigenvalue weighted by Gasteiger charge is -1.95. The molecule has 1 aromatic heterocycles. The number of primary sulfonamides is 1. The van der Waals surface area contributed by atoms with Gasteiger partial charge in [0, 0.05) is 5.92 Å². The van der Waals surface area contributed by atoms with Gasteiger partial charge < -0.3 is 4.42 Å². The lowest BCUT2D eigenvalue weighted by Crippen LogP contribution is -2.18. The average Bonchev–Trinajstić information content (AvgIpc) is 2.72. The van der Waals surface area contributed by atoms with E-state index in [4.69, 9.17) is 9.56 Å². The molecule has 2 atom stereocenters. The highest BCUT2D eigenvalue weighted by Crippen LogP contribution is 2.46. The van der Waals surface area contributed by atoms with Gasteiger partial charge in [0.2, 0.25) is 10.0 Å². The Morgan fingerprint density at radius 1 is 1.50 bits per heavy atom. The number of furan rings is 1. The topological polar surface area (TPSA) is 73.3 Å². The van der Waals surface area contributed by atoms with E-state index < -0.39 is 15.3 Å². The summed E-state index contributed by atoms with van der Waals surface area (Å²) in [5.41, 5.74) is 0.988. The number of aryl methyl sites for hydroxylation is 2. The van der Waals surface area contributed by atoms with Gasteiger partial charge in [-0.1, -0.05) is 0 Å². The number of rotatable bonds is 2. The molecule has 1 heterocycles. The van der Waals surface area contributed by atoms with E-state index in [0.29, 0.717) is 6.42 Å². The van der Waals surface area contributed by atoms with E-state index in [1.165, 1.54) is 0 Å². The zero-order valence-corrected chi connectivity index (χ0v) is 8.97. The Balaban J connectivity index is 2.25. The Bertz CT molecular complexity index is 460. The van der Waals surface area contributed by atoms with Crippen LogP contribution in [0, 0.1) is 13.8 Å². The Morgan fingerprint density at radius 3 is 2.50 bits per heavy atom. The predicted molar refractivity (Wildman–Crippen MR) is 52.4 cm³/mol. The maximum absolute atomic E-state index is 11.0. The highest BCUT2D eigenvalue weighted by molar-refractivity contribution is 7.90. The normalized spacial score (nSPS) is 26.5. The largest absolute Gasteiger partial charge is 0.466 e. The zero-order chi connectivity index (χ0) is 10.5. The first kappa shape index (κ1) is 9.73. The monoisotopic (exact) mass is 215 g/mol. The van der Waals surface area contributed by atoms with Crippen molar-refractivity contribution < 1.29 is 12.8 Å². The van der Waals surface area contributed by atoms with Crippen LogP contribution in [0.25, 0.3) is 0 Å². The molecule has 2 unspecified atom stereocenters. The minimum Gasteiger partial charge on any atom is -0.466 e. The Hall–Kier alpha value is -0.810. The van der Waals surface area contributed by atoms with Crippen molar-refractivity contribution in [1.29, 1.82) is 0 Å². The second-order valence-corrected chi connectivity index (χ2v) is 5.62. The summed E-state index contributed by atoms with van der Waals surface area (Å²) in [7, 11) is -3.38. The second-order valence-electron chi connectivity index (χ2n) is 3.84. The molecule has 2 N–H and O–H groups in total. The van der Waals surface area contributed by atoms with Crippen LogP contribution in [0.4, 0.5) is 0 Å². The lowest BCUT2D eigenvalue weighted by atomic mass is 10.1. The van der Waals surface area contributed by atoms with Crippen molar-refractivity contribution in [3.05, 3.63) is 23.2 Å². The van der Waals surface area contributed by atoms with E-state index >= 15 is 0 Å². The summed E-state index contributed by atoms with van der Waals surface area (Å²) in [5, 5.41) is 4.66. The van der Waals surface area contributed by atoms with Gasteiger partial charge in [-0.25, -0.2) is 13.6 Å². The molecule has 0 aromatic carbocycles. The molecule has 4 nitrogen and oxygen atoms in total. The highest BCUT2D eigenvalue weighted by atomic mass is 32.2. The summed E-state index contributed by atoms with van der Waals surface area (Å²) in [6.07, 6.45) is 0.624. The van der Waals surface area contributed by atoms with Crippen molar-refractivity contribution in [2.24, 2.45) is 5.14 Å². The number of sulfonamides is 1. The van der Waals surface area contributed by atoms with Gasteiger partial charge in [0.15, 0.2) is 0 Å². The first-order valence-electron chi connectivity index (χ1n) is 4.48. The highest BCUT2D eigenvalue weighted by Gasteiger charge is 2.47. The first-order valence-corrected chi connectivity index (χ1v) is 6.09. The van der Waals surface area contributed by atoms with E-state index in [9.17, 15) is 8.42 Å². The van der Waals surface area contributed by atoms with Crippen LogP contribution in [0.3, 0.4) is 0 Å². The third-order valence-corrected chi connectivity index (χ3v) is 4.00. The SMILES string of the molecule is Cc1cc(C2CC2S(N)(=O)=O)c(C)o1. The standard InChI is InChI=1S/C9H13NO3S/c1-5-3-7(6(2)13-5)8-4-9(8)14(10,11)12/h3,8-9H,4H2,1-2H3,(H2,10,11,12). The van der Waals surface area contributed by atoms with Crippen LogP contribution in [0.1, 0.15) is 29.4 Å². The molecule has 1 fully saturated rings. The van der Waals surface area contributed by atoms with Crippen LogP contribution >= 0.6 is 0 Å². The summed E-state index contributed by atoms with van der Waals surface area (Å²) >= 11 is 0. The molecule has 1 aliphatic rings. The van der Waals surface area contributed by atoms with Crippen molar-refractivity contribution in [2.45, 2.75) is 31.4 Å². The van der Waals surface area contributed by atoms with Gasteiger partial charge in [-0.15, -0.1) is 0 Å². The minimum atomic E-state index is -3.38. The molecule has 1 saturated carbocycles. The Labute approximate surface area is 83.1 Å². The molecular weight excluding hydrogens is 202 g/mol. The molecule has 0 aliphatic heterocycles. The van der Waals surface area contributed by atoms with E-state index in [1.807, 2.05) is 19.9 Å². The maximum Gasteiger partial charge on any atom is 0.212 e. The van der Waals surface area contributed by atoms with Crippen LogP contribution < -0.4 is 5.14 Å². The zero-order valence-electron chi connectivity index (χ0n) is 8.15. The molecule has 78 valence electrons. The second kappa shape index (κ2) is 2.84. The van der Waals surface area contributed by atoms with Crippen LogP contribution in [0.5, 0.6) is 0 Å². The lowest BCUT2D eigenvalue weighted by molar-refractivity contribution is 0.501. The molecule has 0 saturated heterocycles. The van der Waals surface area contributed by atoms with Gasteiger partial charge in [0.25, 0.3) is 0 Å². The van der Waals surface area contributed by atoms with E-state index in [-0.39, 0.29) is 5.92 Å². The van der Waals surface area contributed by atoms with Crippen molar-refractivity contribution in [3.63, 3.8) is 0 Å². The fraction of sp³-hybridized carbons (Fsp3) is 0.556. The molecule has 0 amide bonds. The molecule has 1 aromatic rings. The van der Waals surface area contributed by atoms with Crippen molar-refractivity contribution in [3.8, 4) is 0 Å². The smallest absolute Gasteiger partial charge is 0.212 e. The molecule has 0 spiro atoms. The number of hydrogen-bond donors (Lipinski definition) is 1. The van der Waals surface area contributed by atoms with Gasteiger partial charge in [-0.2, -0.15) is 0 Å². The maximum atomic E-state index is 11.0. The molecule has 2 rings (SSSR count). The molecule has 1 aliphatic carbocycles. The molecule has 5 heteroatoms. The summed E-state index contributed by atoms with van der Waals surface area (Å²) < 4.78 is 27.4. The molecular formula is C9H13NO3S. The van der Waals surface area contributed by atoms with Crippen molar-refractivity contribution in [2.75, 3.05) is 0 Å². The fourth-order valence-electron chi connectivity index (χ4n) is 1.88. The molecule has 0 bridgehead atoms. The predicted octanol–water partition coefficient (Wildman–Crippen LogP) is 1.04. The van der Waals surface area contributed by atoms with Crippen molar-refractivity contribution >= 4 is 10.0 Å². The van der Waals surface area contributed by atoms with Gasteiger partial charge >= 0.3 is 0 Å². The van der Waals surface area contributed by atoms with Gasteiger partial charge in [-0.05, 0) is 31.9 Å². The fourth-order valence-corrected chi connectivity index (χ4v) is 2.96. The summed E-state index contributed by atoms with van der Waals surface area (Å²) in [5.74, 6) is 1.67. The van der Waals surface area contributed by atoms with Crippen LogP contribution in [-0.2, 0) is 10.0 Å². The van der Waals surface area contributed by atoms with E-state index in [2.05, 4.69) is 0 Å². The quantitative estimate of drug-likeness (QED) is 0.801. The first-order chi connectivity index (χ1) is 6.39. The van der Waals surface area contributed by atoms with Crippen LogP contribution in [-0.4, -0.2) is 13.7 Å².